The Bertz CT molecular complexity index is 639. The Morgan fingerprint density at radius 3 is 2.42 bits per heavy atom. The van der Waals surface area contributed by atoms with Crippen LogP contribution in [0.25, 0.3) is 11.1 Å². The average Bonchev–Trinajstić information content (AvgIpc) is 2.39. The molecule has 19 heavy (non-hydrogen) atoms. The number of rotatable bonds is 2. The molecule has 0 aromatic heterocycles. The van der Waals surface area contributed by atoms with Crippen LogP contribution in [0.15, 0.2) is 36.4 Å². The van der Waals surface area contributed by atoms with Crippen molar-refractivity contribution in [3.05, 3.63) is 59.4 Å². The molecule has 0 fully saturated rings. The summed E-state index contributed by atoms with van der Waals surface area (Å²) in [6.07, 6.45) is 0. The molecule has 0 unspecified atom stereocenters. The first-order valence-electron chi connectivity index (χ1n) is 5.35. The van der Waals surface area contributed by atoms with Crippen LogP contribution < -0.4 is 0 Å². The molecule has 0 radical (unpaired) electrons. The van der Waals surface area contributed by atoms with Gasteiger partial charge in [-0.1, -0.05) is 0 Å². The van der Waals surface area contributed by atoms with E-state index in [0.29, 0.717) is 0 Å². The van der Waals surface area contributed by atoms with Crippen LogP contribution in [0.3, 0.4) is 0 Å². The van der Waals surface area contributed by atoms with Crippen LogP contribution in [0.5, 0.6) is 0 Å². The summed E-state index contributed by atoms with van der Waals surface area (Å²) in [4.78, 5) is 11.3. The second-order valence-electron chi connectivity index (χ2n) is 3.84. The lowest BCUT2D eigenvalue weighted by Gasteiger charge is -2.06. The SMILES string of the molecule is COC(=O)c1cc(F)cc(-c2cc(F)ccc2F)c1. The summed E-state index contributed by atoms with van der Waals surface area (Å²) in [5, 5.41) is 0. The van der Waals surface area contributed by atoms with Gasteiger partial charge >= 0.3 is 5.97 Å². The zero-order chi connectivity index (χ0) is 14.0. The van der Waals surface area contributed by atoms with Gasteiger partial charge in [-0.05, 0) is 42.0 Å². The Morgan fingerprint density at radius 1 is 1.00 bits per heavy atom. The molecule has 0 atom stereocenters. The van der Waals surface area contributed by atoms with Gasteiger partial charge in [0.15, 0.2) is 0 Å². The zero-order valence-electron chi connectivity index (χ0n) is 9.91. The Morgan fingerprint density at radius 2 is 1.74 bits per heavy atom. The Balaban J connectivity index is 2.59. The van der Waals surface area contributed by atoms with E-state index in [1.165, 1.54) is 6.07 Å². The molecule has 0 spiro atoms. The molecule has 0 aliphatic carbocycles. The summed E-state index contributed by atoms with van der Waals surface area (Å²) in [5.41, 5.74) is -0.122. The van der Waals surface area contributed by atoms with Gasteiger partial charge in [0.05, 0.1) is 12.7 Å². The van der Waals surface area contributed by atoms with Crippen LogP contribution in [-0.4, -0.2) is 13.1 Å². The van der Waals surface area contributed by atoms with E-state index in [0.717, 1.165) is 37.4 Å². The van der Waals surface area contributed by atoms with Crippen molar-refractivity contribution < 1.29 is 22.7 Å². The van der Waals surface area contributed by atoms with E-state index in [2.05, 4.69) is 4.74 Å². The number of ether oxygens (including phenoxy) is 1. The molecule has 0 aliphatic heterocycles. The Labute approximate surface area is 107 Å². The topological polar surface area (TPSA) is 26.3 Å². The molecular weight excluding hydrogens is 257 g/mol. The molecule has 0 aliphatic rings. The molecule has 2 nitrogen and oxygen atoms in total. The highest BCUT2D eigenvalue weighted by Gasteiger charge is 2.13. The minimum atomic E-state index is -0.752. The van der Waals surface area contributed by atoms with Crippen LogP contribution in [0.2, 0.25) is 0 Å². The average molecular weight is 266 g/mol. The predicted molar refractivity (Wildman–Crippen MR) is 63.1 cm³/mol. The summed E-state index contributed by atoms with van der Waals surface area (Å²) in [5.74, 6) is -2.85. The fourth-order valence-corrected chi connectivity index (χ4v) is 1.70. The van der Waals surface area contributed by atoms with Crippen molar-refractivity contribution in [2.75, 3.05) is 7.11 Å². The lowest BCUT2D eigenvalue weighted by atomic mass is 10.0. The molecule has 0 saturated heterocycles. The van der Waals surface area contributed by atoms with E-state index in [9.17, 15) is 18.0 Å². The highest BCUT2D eigenvalue weighted by molar-refractivity contribution is 5.91. The summed E-state index contributed by atoms with van der Waals surface area (Å²) >= 11 is 0. The van der Waals surface area contributed by atoms with E-state index in [4.69, 9.17) is 0 Å². The number of hydrogen-bond donors (Lipinski definition) is 0. The normalized spacial score (nSPS) is 10.3. The second-order valence-corrected chi connectivity index (χ2v) is 3.84. The predicted octanol–water partition coefficient (Wildman–Crippen LogP) is 3.56. The maximum atomic E-state index is 13.6. The molecule has 98 valence electrons. The molecule has 0 heterocycles. The minimum absolute atomic E-state index is 0.0670. The molecule has 5 heteroatoms. The first kappa shape index (κ1) is 13.1. The largest absolute Gasteiger partial charge is 0.465 e. The summed E-state index contributed by atoms with van der Waals surface area (Å²) in [6, 6.07) is 6.06. The van der Waals surface area contributed by atoms with Crippen molar-refractivity contribution >= 4 is 5.97 Å². The molecule has 2 aromatic rings. The van der Waals surface area contributed by atoms with Gasteiger partial charge < -0.3 is 4.74 Å². The highest BCUT2D eigenvalue weighted by Crippen LogP contribution is 2.26. The molecule has 0 saturated carbocycles. The van der Waals surface area contributed by atoms with Gasteiger partial charge in [-0.25, -0.2) is 18.0 Å². The van der Waals surface area contributed by atoms with Crippen molar-refractivity contribution in [2.24, 2.45) is 0 Å². The van der Waals surface area contributed by atoms with Crippen molar-refractivity contribution in [2.45, 2.75) is 0 Å². The highest BCUT2D eigenvalue weighted by atomic mass is 19.1. The Kier molecular flexibility index (Phi) is 3.55. The van der Waals surface area contributed by atoms with E-state index in [1.807, 2.05) is 0 Å². The van der Waals surface area contributed by atoms with E-state index < -0.39 is 23.4 Å². The number of methoxy groups -OCH3 is 1. The van der Waals surface area contributed by atoms with Gasteiger partial charge in [0.2, 0.25) is 0 Å². The fourth-order valence-electron chi connectivity index (χ4n) is 1.70. The number of halogens is 3. The van der Waals surface area contributed by atoms with Crippen LogP contribution in [0.1, 0.15) is 10.4 Å². The van der Waals surface area contributed by atoms with Crippen LogP contribution in [0, 0.1) is 17.5 Å². The maximum absolute atomic E-state index is 13.6. The molecule has 0 N–H and O–H groups in total. The third-order valence-corrected chi connectivity index (χ3v) is 2.56. The third-order valence-electron chi connectivity index (χ3n) is 2.56. The molecule has 2 aromatic carbocycles. The van der Waals surface area contributed by atoms with Crippen molar-refractivity contribution in [1.29, 1.82) is 0 Å². The second kappa shape index (κ2) is 5.14. The van der Waals surface area contributed by atoms with Gasteiger partial charge in [-0.15, -0.1) is 0 Å². The van der Waals surface area contributed by atoms with Crippen molar-refractivity contribution in [3.8, 4) is 11.1 Å². The molecular formula is C14H9F3O2. The molecule has 0 amide bonds. The number of benzene rings is 2. The number of carbonyl (C=O) groups excluding carboxylic acids is 1. The monoisotopic (exact) mass is 266 g/mol. The first-order chi connectivity index (χ1) is 9.01. The zero-order valence-corrected chi connectivity index (χ0v) is 9.91. The van der Waals surface area contributed by atoms with Crippen LogP contribution in [-0.2, 0) is 4.74 Å². The fraction of sp³-hybridized carbons (Fsp3) is 0.0714. The lowest BCUT2D eigenvalue weighted by Crippen LogP contribution is -2.02. The summed E-state index contributed by atoms with van der Waals surface area (Å²) in [6.45, 7) is 0. The van der Waals surface area contributed by atoms with Crippen LogP contribution >= 0.6 is 0 Å². The lowest BCUT2D eigenvalue weighted by molar-refractivity contribution is 0.0600. The number of hydrogen-bond acceptors (Lipinski definition) is 2. The van der Waals surface area contributed by atoms with Gasteiger partial charge in [0, 0.05) is 5.56 Å². The minimum Gasteiger partial charge on any atom is -0.465 e. The number of carbonyl (C=O) groups is 1. The Hall–Kier alpha value is -2.30. The van der Waals surface area contributed by atoms with Crippen LogP contribution in [0.4, 0.5) is 13.2 Å². The third kappa shape index (κ3) is 2.76. The molecule has 2 rings (SSSR count). The van der Waals surface area contributed by atoms with E-state index >= 15 is 0 Å². The standard InChI is InChI=1S/C14H9F3O2/c1-19-14(18)9-4-8(5-11(16)6-9)12-7-10(15)2-3-13(12)17/h2-7H,1H3. The van der Waals surface area contributed by atoms with Gasteiger partial charge in [0.1, 0.15) is 17.5 Å². The van der Waals surface area contributed by atoms with E-state index in [-0.39, 0.29) is 16.7 Å². The maximum Gasteiger partial charge on any atom is 0.337 e. The summed E-state index contributed by atoms with van der Waals surface area (Å²) in [7, 11) is 1.15. The van der Waals surface area contributed by atoms with E-state index in [1.54, 1.807) is 0 Å². The summed E-state index contributed by atoms with van der Waals surface area (Å²) < 4.78 is 44.6. The smallest absolute Gasteiger partial charge is 0.337 e. The number of esters is 1. The van der Waals surface area contributed by atoms with Gasteiger partial charge in [0.25, 0.3) is 0 Å². The van der Waals surface area contributed by atoms with Crippen molar-refractivity contribution in [3.63, 3.8) is 0 Å². The first-order valence-corrected chi connectivity index (χ1v) is 5.35. The molecule has 0 bridgehead atoms. The van der Waals surface area contributed by atoms with Gasteiger partial charge in [-0.2, -0.15) is 0 Å². The van der Waals surface area contributed by atoms with Gasteiger partial charge in [-0.3, -0.25) is 0 Å². The van der Waals surface area contributed by atoms with Crippen molar-refractivity contribution in [1.82, 2.24) is 0 Å². The quantitative estimate of drug-likeness (QED) is 0.777.